The lowest BCUT2D eigenvalue weighted by molar-refractivity contribution is 0.573. The molecule has 1 aliphatic rings. The van der Waals surface area contributed by atoms with Crippen molar-refractivity contribution in [1.29, 1.82) is 0 Å². The predicted octanol–water partition coefficient (Wildman–Crippen LogP) is 4.33. The van der Waals surface area contributed by atoms with E-state index in [1.54, 1.807) is 0 Å². The summed E-state index contributed by atoms with van der Waals surface area (Å²) in [6.45, 7) is 2.16. The number of halogens is 3. The molecule has 0 aromatic heterocycles. The van der Waals surface area contributed by atoms with E-state index in [2.05, 4.69) is 28.2 Å². The van der Waals surface area contributed by atoms with Gasteiger partial charge in [-0.15, -0.1) is 0 Å². The maximum absolute atomic E-state index is 13.5. The Hall–Kier alpha value is -0.640. The van der Waals surface area contributed by atoms with E-state index in [1.165, 1.54) is 12.1 Å². The molecule has 1 nitrogen and oxygen atoms in total. The van der Waals surface area contributed by atoms with Gasteiger partial charge in [-0.1, -0.05) is 22.9 Å². The summed E-state index contributed by atoms with van der Waals surface area (Å²) in [5.41, 5.74) is 0.00213. The summed E-state index contributed by atoms with van der Waals surface area (Å²) >= 11 is 3.06. The van der Waals surface area contributed by atoms with E-state index in [0.717, 1.165) is 19.3 Å². The summed E-state index contributed by atoms with van der Waals surface area (Å²) in [5.74, 6) is -0.433. The van der Waals surface area contributed by atoms with Crippen molar-refractivity contribution < 1.29 is 8.78 Å². The van der Waals surface area contributed by atoms with Crippen LogP contribution in [0.25, 0.3) is 0 Å². The molecule has 4 heteroatoms. The zero-order chi connectivity index (χ0) is 11.7. The van der Waals surface area contributed by atoms with Crippen molar-refractivity contribution in [3.8, 4) is 0 Å². The molecule has 1 aromatic carbocycles. The highest BCUT2D eigenvalue weighted by atomic mass is 79.9. The van der Waals surface area contributed by atoms with Gasteiger partial charge in [-0.3, -0.25) is 0 Å². The number of nitrogens with one attached hydrogen (secondary N) is 1. The van der Waals surface area contributed by atoms with Gasteiger partial charge in [0, 0.05) is 10.5 Å². The molecule has 0 radical (unpaired) electrons. The molecule has 0 spiro atoms. The highest BCUT2D eigenvalue weighted by molar-refractivity contribution is 9.10. The zero-order valence-corrected chi connectivity index (χ0v) is 10.7. The summed E-state index contributed by atoms with van der Waals surface area (Å²) < 4.78 is 27.5. The quantitative estimate of drug-likeness (QED) is 0.855. The average molecular weight is 290 g/mol. The molecule has 88 valence electrons. The van der Waals surface area contributed by atoms with Crippen molar-refractivity contribution in [3.05, 3.63) is 28.2 Å². The second-order valence-electron chi connectivity index (χ2n) is 4.50. The van der Waals surface area contributed by atoms with Crippen molar-refractivity contribution in [2.24, 2.45) is 5.92 Å². The maximum atomic E-state index is 13.5. The fourth-order valence-electron chi connectivity index (χ4n) is 2.22. The first-order valence-electron chi connectivity index (χ1n) is 5.47. The van der Waals surface area contributed by atoms with Gasteiger partial charge in [0.2, 0.25) is 0 Å². The Morgan fingerprint density at radius 1 is 1.25 bits per heavy atom. The molecule has 0 saturated heterocycles. The van der Waals surface area contributed by atoms with Gasteiger partial charge in [-0.25, -0.2) is 8.78 Å². The summed E-state index contributed by atoms with van der Waals surface area (Å²) in [6, 6.07) is 2.76. The third-order valence-corrected chi connectivity index (χ3v) is 3.51. The zero-order valence-electron chi connectivity index (χ0n) is 9.06. The number of benzene rings is 1. The van der Waals surface area contributed by atoms with Crippen LogP contribution in [0.3, 0.4) is 0 Å². The van der Waals surface area contributed by atoms with Crippen molar-refractivity contribution >= 4 is 21.6 Å². The normalized spacial score (nSPS) is 24.8. The highest BCUT2D eigenvalue weighted by Gasteiger charge is 2.23. The van der Waals surface area contributed by atoms with Crippen LogP contribution in [0.2, 0.25) is 0 Å². The molecule has 16 heavy (non-hydrogen) atoms. The van der Waals surface area contributed by atoms with Gasteiger partial charge in [0.25, 0.3) is 0 Å². The summed E-state index contributed by atoms with van der Waals surface area (Å²) in [7, 11) is 0. The Morgan fingerprint density at radius 2 is 1.88 bits per heavy atom. The van der Waals surface area contributed by atoms with E-state index >= 15 is 0 Å². The lowest BCUT2D eigenvalue weighted by atomic mass is 10.1. The molecule has 1 aliphatic carbocycles. The summed E-state index contributed by atoms with van der Waals surface area (Å²) in [4.78, 5) is 0. The number of rotatable bonds is 2. The minimum atomic E-state index is -0.536. The lowest BCUT2D eigenvalue weighted by Crippen LogP contribution is -2.17. The minimum absolute atomic E-state index is 0.00213. The Bertz CT molecular complexity index is 372. The molecule has 2 rings (SSSR count). The molecule has 1 saturated carbocycles. The SMILES string of the molecule is CC1CCC(Nc2c(F)cc(Br)cc2F)C1. The van der Waals surface area contributed by atoms with Crippen LogP contribution in [0.4, 0.5) is 14.5 Å². The topological polar surface area (TPSA) is 12.0 Å². The molecule has 1 fully saturated rings. The van der Waals surface area contributed by atoms with E-state index < -0.39 is 11.6 Å². The van der Waals surface area contributed by atoms with Crippen molar-refractivity contribution in [1.82, 2.24) is 0 Å². The number of anilines is 1. The smallest absolute Gasteiger partial charge is 0.150 e. The standard InChI is InChI=1S/C12H14BrF2N/c1-7-2-3-9(4-7)16-12-10(14)5-8(13)6-11(12)15/h5-7,9,16H,2-4H2,1H3. The van der Waals surface area contributed by atoms with E-state index in [0.29, 0.717) is 10.4 Å². The van der Waals surface area contributed by atoms with Crippen LogP contribution in [-0.4, -0.2) is 6.04 Å². The fourth-order valence-corrected chi connectivity index (χ4v) is 2.62. The first kappa shape index (κ1) is 11.8. The third kappa shape index (κ3) is 2.54. The largest absolute Gasteiger partial charge is 0.378 e. The molecule has 1 N–H and O–H groups in total. The molecular weight excluding hydrogens is 276 g/mol. The van der Waals surface area contributed by atoms with Crippen LogP contribution in [0.1, 0.15) is 26.2 Å². The number of hydrogen-bond acceptors (Lipinski definition) is 1. The average Bonchev–Trinajstić information content (AvgIpc) is 2.58. The summed E-state index contributed by atoms with van der Waals surface area (Å²) in [6.07, 6.45) is 3.09. The van der Waals surface area contributed by atoms with E-state index in [-0.39, 0.29) is 11.7 Å². The van der Waals surface area contributed by atoms with Crippen molar-refractivity contribution in [2.45, 2.75) is 32.2 Å². The molecule has 0 bridgehead atoms. The molecular formula is C12H14BrF2N. The Kier molecular flexibility index (Phi) is 3.47. The monoisotopic (exact) mass is 289 g/mol. The van der Waals surface area contributed by atoms with Crippen LogP contribution < -0.4 is 5.32 Å². The Labute approximate surface area is 102 Å². The van der Waals surface area contributed by atoms with Crippen molar-refractivity contribution in [3.63, 3.8) is 0 Å². The molecule has 0 amide bonds. The molecule has 0 aliphatic heterocycles. The van der Waals surface area contributed by atoms with Crippen LogP contribution in [-0.2, 0) is 0 Å². The van der Waals surface area contributed by atoms with Gasteiger partial charge >= 0.3 is 0 Å². The minimum Gasteiger partial charge on any atom is -0.378 e. The lowest BCUT2D eigenvalue weighted by Gasteiger charge is -2.15. The molecule has 0 heterocycles. The van der Waals surface area contributed by atoms with Gasteiger partial charge < -0.3 is 5.32 Å². The van der Waals surface area contributed by atoms with Gasteiger partial charge in [-0.2, -0.15) is 0 Å². The Balaban J connectivity index is 2.15. The predicted molar refractivity (Wildman–Crippen MR) is 64.5 cm³/mol. The first-order valence-corrected chi connectivity index (χ1v) is 6.26. The highest BCUT2D eigenvalue weighted by Crippen LogP contribution is 2.30. The molecule has 2 unspecified atom stereocenters. The van der Waals surface area contributed by atoms with E-state index in [1.807, 2.05) is 0 Å². The van der Waals surface area contributed by atoms with E-state index in [9.17, 15) is 8.78 Å². The second-order valence-corrected chi connectivity index (χ2v) is 5.42. The van der Waals surface area contributed by atoms with Gasteiger partial charge in [-0.05, 0) is 37.3 Å². The molecule has 2 atom stereocenters. The van der Waals surface area contributed by atoms with Crippen LogP contribution >= 0.6 is 15.9 Å². The van der Waals surface area contributed by atoms with Crippen molar-refractivity contribution in [2.75, 3.05) is 5.32 Å². The van der Waals surface area contributed by atoms with E-state index in [4.69, 9.17) is 0 Å². The van der Waals surface area contributed by atoms with Gasteiger partial charge in [0.05, 0.1) is 0 Å². The third-order valence-electron chi connectivity index (χ3n) is 3.05. The van der Waals surface area contributed by atoms with Gasteiger partial charge in [0.15, 0.2) is 0 Å². The molecule has 1 aromatic rings. The Morgan fingerprint density at radius 3 is 2.38 bits per heavy atom. The number of hydrogen-bond donors (Lipinski definition) is 1. The fraction of sp³-hybridized carbons (Fsp3) is 0.500. The van der Waals surface area contributed by atoms with Crippen LogP contribution in [0.15, 0.2) is 16.6 Å². The van der Waals surface area contributed by atoms with Crippen LogP contribution in [0.5, 0.6) is 0 Å². The summed E-state index contributed by atoms with van der Waals surface area (Å²) in [5, 5.41) is 2.96. The van der Waals surface area contributed by atoms with Crippen LogP contribution in [0, 0.1) is 17.6 Å². The van der Waals surface area contributed by atoms with Gasteiger partial charge in [0.1, 0.15) is 17.3 Å². The second kappa shape index (κ2) is 4.70. The first-order chi connectivity index (χ1) is 7.56. The maximum Gasteiger partial charge on any atom is 0.150 e.